The molecule has 5 rings (SSSR count). The molecule has 1 aliphatic rings. The van der Waals surface area contributed by atoms with Crippen molar-refractivity contribution < 1.29 is 27.1 Å². The number of benzene rings is 2. The number of rotatable bonds is 3. The lowest BCUT2D eigenvalue weighted by Crippen LogP contribution is -2.37. The van der Waals surface area contributed by atoms with E-state index in [1.165, 1.54) is 30.1 Å². The van der Waals surface area contributed by atoms with Crippen molar-refractivity contribution >= 4 is 27.6 Å². The predicted molar refractivity (Wildman–Crippen MR) is 112 cm³/mol. The Morgan fingerprint density at radius 3 is 2.55 bits per heavy atom. The Kier molecular flexibility index (Phi) is 4.97. The standard InChI is InChI=1S/C23H17F4N3O3/c1-30(23(32)17-7-11-10(21(26)27)3-2-4-16(11)28-17)19-9-33-8-18-20(19)12-5-14(24)15(25)6-13(12)22(31)29-18/h2-7,19,21,28H,8-9H2,1H3,(H,29,31). The van der Waals surface area contributed by atoms with Crippen LogP contribution in [-0.2, 0) is 11.3 Å². The van der Waals surface area contributed by atoms with Gasteiger partial charge in [-0.3, -0.25) is 9.59 Å². The number of likely N-dealkylation sites (N-methyl/N-ethyl adjacent to an activating group) is 1. The highest BCUT2D eigenvalue weighted by molar-refractivity contribution is 5.99. The lowest BCUT2D eigenvalue weighted by atomic mass is 9.95. The molecule has 1 atom stereocenters. The maximum absolute atomic E-state index is 14.1. The minimum atomic E-state index is -2.71. The van der Waals surface area contributed by atoms with E-state index in [1.807, 2.05) is 0 Å². The van der Waals surface area contributed by atoms with Crippen molar-refractivity contribution in [1.82, 2.24) is 14.9 Å². The number of carbonyl (C=O) groups excluding carboxylic acids is 1. The average molecular weight is 459 g/mol. The molecule has 2 aromatic heterocycles. The third-order valence-electron chi connectivity index (χ3n) is 5.99. The Labute approximate surface area is 183 Å². The minimum absolute atomic E-state index is 0.0299. The van der Waals surface area contributed by atoms with Crippen LogP contribution in [0.15, 0.2) is 41.2 Å². The first-order valence-corrected chi connectivity index (χ1v) is 10.0. The number of nitrogens with zero attached hydrogens (tertiary/aromatic N) is 1. The van der Waals surface area contributed by atoms with Crippen LogP contribution in [0, 0.1) is 11.6 Å². The molecule has 170 valence electrons. The van der Waals surface area contributed by atoms with Gasteiger partial charge in [0.25, 0.3) is 17.9 Å². The second-order valence-electron chi connectivity index (χ2n) is 7.90. The van der Waals surface area contributed by atoms with E-state index in [4.69, 9.17) is 4.74 Å². The summed E-state index contributed by atoms with van der Waals surface area (Å²) in [4.78, 5) is 32.5. The molecule has 1 aliphatic heterocycles. The van der Waals surface area contributed by atoms with Gasteiger partial charge in [-0.1, -0.05) is 12.1 Å². The van der Waals surface area contributed by atoms with Gasteiger partial charge in [0.2, 0.25) is 0 Å². The summed E-state index contributed by atoms with van der Waals surface area (Å²) < 4.78 is 60.1. The number of pyridine rings is 1. The fourth-order valence-corrected chi connectivity index (χ4v) is 4.36. The number of aromatic nitrogens is 2. The van der Waals surface area contributed by atoms with Crippen LogP contribution in [0.5, 0.6) is 0 Å². The molecule has 2 aromatic carbocycles. The Balaban J connectivity index is 1.60. The average Bonchev–Trinajstić information content (AvgIpc) is 3.23. The number of carbonyl (C=O) groups is 1. The summed E-state index contributed by atoms with van der Waals surface area (Å²) in [6.45, 7) is 0.0695. The highest BCUT2D eigenvalue weighted by Gasteiger charge is 2.32. The maximum atomic E-state index is 14.1. The first-order valence-electron chi connectivity index (χ1n) is 10.0. The van der Waals surface area contributed by atoms with Gasteiger partial charge in [-0.2, -0.15) is 0 Å². The van der Waals surface area contributed by atoms with E-state index in [0.717, 1.165) is 12.1 Å². The van der Waals surface area contributed by atoms with Gasteiger partial charge in [0.05, 0.1) is 24.6 Å². The summed E-state index contributed by atoms with van der Waals surface area (Å²) >= 11 is 0. The van der Waals surface area contributed by atoms with E-state index in [2.05, 4.69) is 9.97 Å². The lowest BCUT2D eigenvalue weighted by molar-refractivity contribution is 0.0333. The van der Waals surface area contributed by atoms with Gasteiger partial charge in [-0.05, 0) is 29.7 Å². The predicted octanol–water partition coefficient (Wildman–Crippen LogP) is 4.57. The van der Waals surface area contributed by atoms with Crippen LogP contribution in [-0.4, -0.2) is 34.4 Å². The molecule has 0 fully saturated rings. The minimum Gasteiger partial charge on any atom is -0.373 e. The van der Waals surface area contributed by atoms with Crippen molar-refractivity contribution in [2.45, 2.75) is 19.1 Å². The zero-order valence-electron chi connectivity index (χ0n) is 17.2. The molecule has 0 saturated heterocycles. The van der Waals surface area contributed by atoms with Gasteiger partial charge in [0.1, 0.15) is 5.69 Å². The second kappa shape index (κ2) is 7.73. The van der Waals surface area contributed by atoms with Gasteiger partial charge in [-0.25, -0.2) is 17.6 Å². The molecule has 1 unspecified atom stereocenters. The summed E-state index contributed by atoms with van der Waals surface area (Å²) in [5, 5.41) is 0.363. The molecule has 0 saturated carbocycles. The van der Waals surface area contributed by atoms with Crippen molar-refractivity contribution in [3.05, 3.63) is 80.9 Å². The Bertz CT molecular complexity index is 1480. The Morgan fingerprint density at radius 1 is 1.09 bits per heavy atom. The smallest absolute Gasteiger partial charge is 0.270 e. The van der Waals surface area contributed by atoms with Crippen molar-refractivity contribution in [1.29, 1.82) is 0 Å². The fraction of sp³-hybridized carbons (Fsp3) is 0.217. The summed E-state index contributed by atoms with van der Waals surface area (Å²) in [7, 11) is 1.49. The number of amides is 1. The molecule has 10 heteroatoms. The summed E-state index contributed by atoms with van der Waals surface area (Å²) in [5.74, 6) is -2.80. The summed E-state index contributed by atoms with van der Waals surface area (Å²) in [5.41, 5.74) is 0.464. The zero-order valence-corrected chi connectivity index (χ0v) is 17.2. The lowest BCUT2D eigenvalue weighted by Gasteiger charge is -2.33. The molecule has 0 bridgehead atoms. The van der Waals surface area contributed by atoms with Crippen molar-refractivity contribution in [2.75, 3.05) is 13.7 Å². The highest BCUT2D eigenvalue weighted by Crippen LogP contribution is 2.35. The van der Waals surface area contributed by atoms with E-state index in [9.17, 15) is 27.2 Å². The molecule has 3 heterocycles. The van der Waals surface area contributed by atoms with Gasteiger partial charge in [0.15, 0.2) is 11.6 Å². The normalized spacial score (nSPS) is 15.9. The van der Waals surface area contributed by atoms with Gasteiger partial charge < -0.3 is 19.6 Å². The molecule has 0 radical (unpaired) electrons. The first-order chi connectivity index (χ1) is 15.8. The molecule has 33 heavy (non-hydrogen) atoms. The van der Waals surface area contributed by atoms with Crippen LogP contribution in [0.2, 0.25) is 0 Å². The summed E-state index contributed by atoms with van der Waals surface area (Å²) in [6.07, 6.45) is -2.71. The highest BCUT2D eigenvalue weighted by atomic mass is 19.3. The Hall–Kier alpha value is -3.66. The third kappa shape index (κ3) is 3.37. The largest absolute Gasteiger partial charge is 0.373 e. The number of nitrogens with one attached hydrogen (secondary N) is 2. The van der Waals surface area contributed by atoms with Crippen LogP contribution < -0.4 is 5.56 Å². The number of hydrogen-bond acceptors (Lipinski definition) is 3. The number of ether oxygens (including phenoxy) is 1. The van der Waals surface area contributed by atoms with Crippen LogP contribution in [0.3, 0.4) is 0 Å². The number of H-pyrrole nitrogens is 2. The quantitative estimate of drug-likeness (QED) is 0.441. The molecule has 4 aromatic rings. The van der Waals surface area contributed by atoms with E-state index >= 15 is 0 Å². The number of fused-ring (bicyclic) bond motifs is 4. The third-order valence-corrected chi connectivity index (χ3v) is 5.99. The first kappa shape index (κ1) is 21.2. The number of aromatic amines is 2. The number of hydrogen-bond donors (Lipinski definition) is 2. The van der Waals surface area contributed by atoms with E-state index in [0.29, 0.717) is 16.8 Å². The SMILES string of the molecule is CN(C(=O)c1cc2c(C(F)F)cccc2[nH]1)C1COCc2[nH]c(=O)c3cc(F)c(F)cc3c21. The van der Waals surface area contributed by atoms with Gasteiger partial charge >= 0.3 is 0 Å². The van der Waals surface area contributed by atoms with Crippen molar-refractivity contribution in [3.63, 3.8) is 0 Å². The van der Waals surface area contributed by atoms with Crippen LogP contribution in [0.25, 0.3) is 21.7 Å². The van der Waals surface area contributed by atoms with E-state index in [-0.39, 0.29) is 40.6 Å². The monoisotopic (exact) mass is 459 g/mol. The summed E-state index contributed by atoms with van der Waals surface area (Å²) in [6, 6.07) is 6.73. The van der Waals surface area contributed by atoms with E-state index in [1.54, 1.807) is 6.07 Å². The fourth-order valence-electron chi connectivity index (χ4n) is 4.36. The molecular formula is C23H17F4N3O3. The molecule has 2 N–H and O–H groups in total. The topological polar surface area (TPSA) is 78.2 Å². The number of halogens is 4. The maximum Gasteiger partial charge on any atom is 0.270 e. The molecule has 6 nitrogen and oxygen atoms in total. The molecular weight excluding hydrogens is 442 g/mol. The van der Waals surface area contributed by atoms with Crippen LogP contribution >= 0.6 is 0 Å². The van der Waals surface area contributed by atoms with Gasteiger partial charge in [-0.15, -0.1) is 0 Å². The number of alkyl halides is 2. The van der Waals surface area contributed by atoms with Crippen molar-refractivity contribution in [2.24, 2.45) is 0 Å². The zero-order chi connectivity index (χ0) is 23.4. The van der Waals surface area contributed by atoms with Crippen LogP contribution in [0.1, 0.15) is 39.8 Å². The molecule has 0 aliphatic carbocycles. The van der Waals surface area contributed by atoms with Crippen LogP contribution in [0.4, 0.5) is 17.6 Å². The molecule has 0 spiro atoms. The van der Waals surface area contributed by atoms with Gasteiger partial charge in [0, 0.05) is 34.8 Å². The second-order valence-corrected chi connectivity index (χ2v) is 7.90. The van der Waals surface area contributed by atoms with E-state index < -0.39 is 35.6 Å². The van der Waals surface area contributed by atoms with Crippen molar-refractivity contribution in [3.8, 4) is 0 Å². The molecule has 1 amide bonds. The Morgan fingerprint density at radius 2 is 1.82 bits per heavy atom.